The van der Waals surface area contributed by atoms with Crippen molar-refractivity contribution in [2.45, 2.75) is 141 Å². The quantitative estimate of drug-likeness (QED) is 0.0417. The molecule has 2 unspecified atom stereocenters. The number of hydrogen-bond acceptors (Lipinski definition) is 8. The fraction of sp³-hybridized carbons (Fsp3) is 0.871. The molecular weight excluding hydrogens is 574 g/mol. The normalized spacial score (nSPS) is 12.6. The number of carboxylic acids is 2. The summed E-state index contributed by atoms with van der Waals surface area (Å²) in [5.41, 5.74) is 11.0. The van der Waals surface area contributed by atoms with E-state index in [0.29, 0.717) is 12.8 Å². The predicted octanol–water partition coefficient (Wildman–Crippen LogP) is 6.32. The molecule has 42 heavy (non-hydrogen) atoms. The van der Waals surface area contributed by atoms with Gasteiger partial charge in [-0.25, -0.2) is 4.79 Å². The maximum absolute atomic E-state index is 12.3. The second-order valence-corrected chi connectivity index (χ2v) is 13.8. The number of aliphatic carboxylic acids is 2. The molecule has 7 N–H and O–H groups in total. The number of amides is 1. The lowest BCUT2D eigenvalue weighted by atomic mass is 10.00. The van der Waals surface area contributed by atoms with E-state index in [0.717, 1.165) is 77.3 Å². The van der Waals surface area contributed by atoms with Gasteiger partial charge in [-0.15, -0.1) is 0 Å². The third-order valence-electron chi connectivity index (χ3n) is 7.31. The summed E-state index contributed by atoms with van der Waals surface area (Å²) < 4.78 is 0. The van der Waals surface area contributed by atoms with Gasteiger partial charge in [0.05, 0.1) is 5.92 Å². The Morgan fingerprint density at radius 1 is 0.548 bits per heavy atom. The highest BCUT2D eigenvalue weighted by Crippen LogP contribution is 2.27. The second kappa shape index (κ2) is 29.8. The number of hydrogen-bond donors (Lipinski definition) is 5. The van der Waals surface area contributed by atoms with Crippen molar-refractivity contribution in [3.05, 3.63) is 0 Å². The zero-order chi connectivity index (χ0) is 31.3. The first-order valence-electron chi connectivity index (χ1n) is 16.2. The van der Waals surface area contributed by atoms with Gasteiger partial charge in [0, 0.05) is 30.8 Å². The van der Waals surface area contributed by atoms with Crippen molar-refractivity contribution in [1.29, 1.82) is 0 Å². The van der Waals surface area contributed by atoms with Crippen LogP contribution in [-0.2, 0) is 19.2 Å². The lowest BCUT2D eigenvalue weighted by Crippen LogP contribution is -2.42. The predicted molar refractivity (Wildman–Crippen MR) is 176 cm³/mol. The summed E-state index contributed by atoms with van der Waals surface area (Å²) >= 11 is 0. The maximum atomic E-state index is 12.3. The maximum Gasteiger partial charge on any atom is 0.327 e. The minimum atomic E-state index is -1.11. The molecule has 0 rings (SSSR count). The van der Waals surface area contributed by atoms with Gasteiger partial charge in [0.15, 0.2) is 0 Å². The smallest absolute Gasteiger partial charge is 0.327 e. The third-order valence-corrected chi connectivity index (χ3v) is 9.80. The number of rotatable bonds is 32. The lowest BCUT2D eigenvalue weighted by Gasteiger charge is -2.15. The standard InChI is InChI=1S/C31H59N3O6S2/c32-21-17-13-9-5-1-3-7-11-15-19-27(35)23-26(30(37)38)24-41-42-25-28(31(39)40)34-29(36)20-16-12-8-4-2-6-10-14-18-22-33/h26,28H,1-25,32-33H2,(H,34,36)(H,37,38)(H,39,40). The van der Waals surface area contributed by atoms with Gasteiger partial charge in [-0.3, -0.25) is 14.4 Å². The number of nitrogens with one attached hydrogen (secondary N) is 1. The van der Waals surface area contributed by atoms with Crippen LogP contribution in [0.2, 0.25) is 0 Å². The molecule has 0 bridgehead atoms. The summed E-state index contributed by atoms with van der Waals surface area (Å²) in [6, 6.07) is -1.03. The van der Waals surface area contributed by atoms with Crippen molar-refractivity contribution in [1.82, 2.24) is 5.32 Å². The summed E-state index contributed by atoms with van der Waals surface area (Å²) in [6.45, 7) is 1.52. The largest absolute Gasteiger partial charge is 0.481 e. The second-order valence-electron chi connectivity index (χ2n) is 11.2. The molecule has 0 saturated carbocycles. The van der Waals surface area contributed by atoms with Crippen LogP contribution in [0.5, 0.6) is 0 Å². The van der Waals surface area contributed by atoms with E-state index in [-0.39, 0.29) is 29.6 Å². The topological polar surface area (TPSA) is 173 Å². The number of unbranched alkanes of at least 4 members (excludes halogenated alkanes) is 16. The highest BCUT2D eigenvalue weighted by Gasteiger charge is 2.23. The summed E-state index contributed by atoms with van der Waals surface area (Å²) in [4.78, 5) is 47.8. The fourth-order valence-electron chi connectivity index (χ4n) is 4.65. The molecule has 0 radical (unpaired) electrons. The van der Waals surface area contributed by atoms with E-state index < -0.39 is 23.9 Å². The first-order valence-corrected chi connectivity index (χ1v) is 18.7. The number of nitrogens with two attached hydrogens (primary N) is 2. The molecule has 0 saturated heterocycles. The molecule has 0 aromatic rings. The molecule has 0 aromatic carbocycles. The average Bonchev–Trinajstić information content (AvgIpc) is 2.95. The van der Waals surface area contributed by atoms with E-state index in [1.807, 2.05) is 0 Å². The number of carboxylic acid groups (broad SMARTS) is 2. The molecule has 246 valence electrons. The molecule has 0 aliphatic rings. The minimum absolute atomic E-state index is 0.00256. The zero-order valence-electron chi connectivity index (χ0n) is 25.8. The molecule has 9 nitrogen and oxygen atoms in total. The first kappa shape index (κ1) is 40.7. The van der Waals surface area contributed by atoms with Crippen molar-refractivity contribution in [3.8, 4) is 0 Å². The molecular formula is C31H59N3O6S2. The van der Waals surface area contributed by atoms with Crippen LogP contribution in [0, 0.1) is 5.92 Å². The minimum Gasteiger partial charge on any atom is -0.481 e. The Labute approximate surface area is 262 Å². The summed E-state index contributed by atoms with van der Waals surface area (Å²) in [7, 11) is 2.46. The number of Topliss-reactive ketones (excluding diaryl/α,β-unsaturated/α-hetero) is 1. The molecule has 1 amide bonds. The number of ketones is 1. The molecule has 0 spiro atoms. The van der Waals surface area contributed by atoms with E-state index in [4.69, 9.17) is 11.5 Å². The molecule has 11 heteroatoms. The van der Waals surface area contributed by atoms with Gasteiger partial charge < -0.3 is 27.0 Å². The van der Waals surface area contributed by atoms with Gasteiger partial charge in [0.1, 0.15) is 11.8 Å². The molecule has 0 heterocycles. The summed E-state index contributed by atoms with van der Waals surface area (Å²) in [6.07, 6.45) is 20.5. The fourth-order valence-corrected chi connectivity index (χ4v) is 7.11. The van der Waals surface area contributed by atoms with Crippen LogP contribution < -0.4 is 16.8 Å². The van der Waals surface area contributed by atoms with Crippen LogP contribution in [0.15, 0.2) is 0 Å². The van der Waals surface area contributed by atoms with E-state index in [1.54, 1.807) is 0 Å². The highest BCUT2D eigenvalue weighted by atomic mass is 33.1. The van der Waals surface area contributed by atoms with Crippen molar-refractivity contribution < 1.29 is 29.4 Å². The Morgan fingerprint density at radius 3 is 1.38 bits per heavy atom. The zero-order valence-corrected chi connectivity index (χ0v) is 27.5. The first-order chi connectivity index (χ1) is 20.3. The van der Waals surface area contributed by atoms with Gasteiger partial charge in [-0.05, 0) is 38.8 Å². The molecule has 0 aliphatic heterocycles. The summed E-state index contributed by atoms with van der Waals surface area (Å²) in [5, 5.41) is 21.6. The Bertz CT molecular complexity index is 656. The van der Waals surface area contributed by atoms with E-state index in [2.05, 4.69) is 5.32 Å². The van der Waals surface area contributed by atoms with Crippen molar-refractivity contribution in [2.24, 2.45) is 17.4 Å². The van der Waals surface area contributed by atoms with E-state index in [1.165, 1.54) is 73.0 Å². The van der Waals surface area contributed by atoms with Gasteiger partial charge >= 0.3 is 11.9 Å². The van der Waals surface area contributed by atoms with Crippen LogP contribution in [0.1, 0.15) is 135 Å². The molecule has 0 aliphatic carbocycles. The Balaban J connectivity index is 4.03. The van der Waals surface area contributed by atoms with Crippen molar-refractivity contribution in [3.63, 3.8) is 0 Å². The SMILES string of the molecule is NCCCCCCCCCCCC(=O)CC(CSSCC(NC(=O)CCCCCCCCCCCN)C(=O)O)C(=O)O. The van der Waals surface area contributed by atoms with Crippen LogP contribution in [0.25, 0.3) is 0 Å². The molecule has 2 atom stereocenters. The molecule has 0 fully saturated rings. The molecule has 0 aromatic heterocycles. The van der Waals surface area contributed by atoms with Gasteiger partial charge in [0.2, 0.25) is 5.91 Å². The van der Waals surface area contributed by atoms with Gasteiger partial charge in [-0.1, -0.05) is 111 Å². The van der Waals surface area contributed by atoms with Gasteiger partial charge in [0.25, 0.3) is 0 Å². The summed E-state index contributed by atoms with van der Waals surface area (Å²) in [5.74, 6) is -2.89. The van der Waals surface area contributed by atoms with E-state index in [9.17, 15) is 29.4 Å². The number of carbonyl (C=O) groups excluding carboxylic acids is 2. The van der Waals surface area contributed by atoms with Crippen molar-refractivity contribution in [2.75, 3.05) is 24.6 Å². The average molecular weight is 634 g/mol. The monoisotopic (exact) mass is 633 g/mol. The third kappa shape index (κ3) is 26.3. The van der Waals surface area contributed by atoms with Crippen LogP contribution in [-0.4, -0.2) is 64.5 Å². The Morgan fingerprint density at radius 2 is 0.952 bits per heavy atom. The Hall–Kier alpha value is -1.30. The van der Waals surface area contributed by atoms with E-state index >= 15 is 0 Å². The van der Waals surface area contributed by atoms with Crippen LogP contribution in [0.4, 0.5) is 0 Å². The van der Waals surface area contributed by atoms with Crippen molar-refractivity contribution >= 4 is 45.2 Å². The van der Waals surface area contributed by atoms with Crippen LogP contribution in [0.3, 0.4) is 0 Å². The Kier molecular flexibility index (Phi) is 28.8. The number of carbonyl (C=O) groups is 4. The lowest BCUT2D eigenvalue weighted by molar-refractivity contribution is -0.143. The highest BCUT2D eigenvalue weighted by molar-refractivity contribution is 8.76. The van der Waals surface area contributed by atoms with Crippen LogP contribution >= 0.6 is 21.6 Å². The van der Waals surface area contributed by atoms with Gasteiger partial charge in [-0.2, -0.15) is 0 Å².